The van der Waals surface area contributed by atoms with Crippen molar-refractivity contribution in [1.82, 2.24) is 5.32 Å². The molecule has 0 aliphatic carbocycles. The van der Waals surface area contributed by atoms with Crippen LogP contribution in [0.1, 0.15) is 65.7 Å². The third-order valence-corrected chi connectivity index (χ3v) is 3.07. The molecule has 0 bridgehead atoms. The number of aliphatic carboxylic acids is 1. The Morgan fingerprint density at radius 3 is 2.04 bits per heavy atom. The number of hydrogen-bond acceptors (Lipinski definition) is 4. The molecular weight excluding hydrogens is 306 g/mol. The van der Waals surface area contributed by atoms with Gasteiger partial charge in [0.25, 0.3) is 0 Å². The fourth-order valence-electron chi connectivity index (χ4n) is 1.66. The van der Waals surface area contributed by atoms with Crippen molar-refractivity contribution in [2.24, 2.45) is 0 Å². The molecule has 2 N–H and O–H groups in total. The lowest BCUT2D eigenvalue weighted by Gasteiger charge is -2.04. The first-order valence-corrected chi connectivity index (χ1v) is 8.89. The van der Waals surface area contributed by atoms with E-state index in [-0.39, 0.29) is 5.78 Å². The van der Waals surface area contributed by atoms with Gasteiger partial charge in [-0.3, -0.25) is 10.1 Å². The summed E-state index contributed by atoms with van der Waals surface area (Å²) in [6, 6.07) is 0. The minimum atomic E-state index is -0.863. The molecule has 0 aromatic heterocycles. The Morgan fingerprint density at radius 2 is 1.71 bits per heavy atom. The monoisotopic (exact) mass is 341 g/mol. The van der Waals surface area contributed by atoms with Crippen molar-refractivity contribution in [3.63, 3.8) is 0 Å². The van der Waals surface area contributed by atoms with Crippen LogP contribution in [0.15, 0.2) is 24.3 Å². The molecule has 5 heteroatoms. The molecule has 0 aromatic rings. The zero-order valence-corrected chi connectivity index (χ0v) is 15.7. The molecule has 0 spiro atoms. The summed E-state index contributed by atoms with van der Waals surface area (Å²) in [7, 11) is 1.93. The van der Waals surface area contributed by atoms with E-state index in [1.807, 2.05) is 27.0 Å². The number of carboxylic acids is 1. The van der Waals surface area contributed by atoms with Crippen LogP contribution in [-0.4, -0.2) is 36.7 Å². The molecule has 1 fully saturated rings. The van der Waals surface area contributed by atoms with Gasteiger partial charge in [-0.2, -0.15) is 0 Å². The number of hydrogen-bond donors (Lipinski definition) is 2. The molecule has 1 atom stereocenters. The first-order chi connectivity index (χ1) is 11.5. The van der Waals surface area contributed by atoms with Crippen LogP contribution in [0, 0.1) is 0 Å². The number of ketones is 1. The molecule has 1 aliphatic rings. The first-order valence-electron chi connectivity index (χ1n) is 8.89. The van der Waals surface area contributed by atoms with Crippen molar-refractivity contribution in [3.05, 3.63) is 24.3 Å². The lowest BCUT2D eigenvalue weighted by molar-refractivity contribution is -0.131. The summed E-state index contributed by atoms with van der Waals surface area (Å²) in [4.78, 5) is 20.4. The zero-order valence-electron chi connectivity index (χ0n) is 15.7. The van der Waals surface area contributed by atoms with E-state index in [2.05, 4.69) is 12.2 Å². The molecule has 140 valence electrons. The van der Waals surface area contributed by atoms with E-state index in [0.717, 1.165) is 32.3 Å². The Balaban J connectivity index is 0. The second-order valence-electron chi connectivity index (χ2n) is 5.33. The molecule has 5 nitrogen and oxygen atoms in total. The summed E-state index contributed by atoms with van der Waals surface area (Å²) in [5, 5.41) is 11.1. The van der Waals surface area contributed by atoms with Crippen molar-refractivity contribution in [2.75, 3.05) is 13.7 Å². The molecule has 1 saturated heterocycles. The molecule has 0 amide bonds. The van der Waals surface area contributed by atoms with Crippen molar-refractivity contribution in [2.45, 2.75) is 71.9 Å². The van der Waals surface area contributed by atoms with Crippen molar-refractivity contribution < 1.29 is 19.4 Å². The van der Waals surface area contributed by atoms with Crippen molar-refractivity contribution >= 4 is 11.8 Å². The average Bonchev–Trinajstić information content (AvgIpc) is 3.10. The largest absolute Gasteiger partial charge is 0.478 e. The van der Waals surface area contributed by atoms with Crippen LogP contribution < -0.4 is 5.32 Å². The average molecular weight is 341 g/mol. The fourth-order valence-corrected chi connectivity index (χ4v) is 1.66. The Labute approximate surface area is 147 Å². The van der Waals surface area contributed by atoms with E-state index in [0.29, 0.717) is 12.6 Å². The topological polar surface area (TPSA) is 75.6 Å². The summed E-state index contributed by atoms with van der Waals surface area (Å²) >= 11 is 0. The summed E-state index contributed by atoms with van der Waals surface area (Å²) in [6.07, 6.45) is 13.8. The van der Waals surface area contributed by atoms with Crippen LogP contribution in [0.3, 0.4) is 0 Å². The van der Waals surface area contributed by atoms with Gasteiger partial charge in [0.05, 0.1) is 0 Å². The quantitative estimate of drug-likeness (QED) is 0.650. The number of nitrogens with one attached hydrogen (secondary N) is 1. The SMILES string of the molecule is CCC/C=C/C(=O)CC.CCC/C=C/C(=O)O.CNC1CCCO1. The van der Waals surface area contributed by atoms with Gasteiger partial charge in [-0.05, 0) is 38.8 Å². The summed E-state index contributed by atoms with van der Waals surface area (Å²) in [5.74, 6) is -0.637. The van der Waals surface area contributed by atoms with Gasteiger partial charge in [0.2, 0.25) is 0 Å². The third-order valence-electron chi connectivity index (χ3n) is 3.07. The Kier molecular flexibility index (Phi) is 20.2. The predicted molar refractivity (Wildman–Crippen MR) is 99.1 cm³/mol. The fraction of sp³-hybridized carbons (Fsp3) is 0.684. The number of carboxylic acid groups (broad SMARTS) is 1. The maximum atomic E-state index is 10.6. The molecule has 1 rings (SSSR count). The third kappa shape index (κ3) is 20.5. The maximum Gasteiger partial charge on any atom is 0.327 e. The van der Waals surface area contributed by atoms with E-state index >= 15 is 0 Å². The summed E-state index contributed by atoms with van der Waals surface area (Å²) < 4.78 is 5.19. The van der Waals surface area contributed by atoms with Crippen LogP contribution in [0.4, 0.5) is 0 Å². The minimum absolute atomic E-state index is 0.225. The number of carbonyl (C=O) groups excluding carboxylic acids is 1. The van der Waals surface area contributed by atoms with Crippen LogP contribution in [0.2, 0.25) is 0 Å². The molecule has 0 radical (unpaired) electrons. The normalized spacial score (nSPS) is 16.4. The van der Waals surface area contributed by atoms with Crippen molar-refractivity contribution in [1.29, 1.82) is 0 Å². The Morgan fingerprint density at radius 1 is 1.12 bits per heavy atom. The van der Waals surface area contributed by atoms with Gasteiger partial charge in [0.15, 0.2) is 5.78 Å². The van der Waals surface area contributed by atoms with Gasteiger partial charge in [0, 0.05) is 19.1 Å². The predicted octanol–water partition coefficient (Wildman–Crippen LogP) is 4.09. The number of rotatable bonds is 8. The lowest BCUT2D eigenvalue weighted by Crippen LogP contribution is -2.22. The number of ether oxygens (including phenoxy) is 1. The van der Waals surface area contributed by atoms with Gasteiger partial charge in [0.1, 0.15) is 6.23 Å². The van der Waals surface area contributed by atoms with Gasteiger partial charge >= 0.3 is 5.97 Å². The van der Waals surface area contributed by atoms with E-state index < -0.39 is 5.97 Å². The van der Waals surface area contributed by atoms with Gasteiger partial charge in [-0.1, -0.05) is 45.8 Å². The van der Waals surface area contributed by atoms with Gasteiger partial charge in [-0.15, -0.1) is 0 Å². The molecule has 1 aliphatic heterocycles. The van der Waals surface area contributed by atoms with Crippen LogP contribution in [0.5, 0.6) is 0 Å². The smallest absolute Gasteiger partial charge is 0.327 e. The second kappa shape index (κ2) is 19.6. The highest BCUT2D eigenvalue weighted by atomic mass is 16.5. The number of carbonyl (C=O) groups is 2. The first kappa shape index (κ1) is 24.8. The molecule has 24 heavy (non-hydrogen) atoms. The molecule has 0 aromatic carbocycles. The van der Waals surface area contributed by atoms with Crippen LogP contribution in [0.25, 0.3) is 0 Å². The Bertz CT molecular complexity index is 358. The highest BCUT2D eigenvalue weighted by molar-refractivity contribution is 5.89. The van der Waals surface area contributed by atoms with E-state index in [1.165, 1.54) is 18.9 Å². The van der Waals surface area contributed by atoms with Crippen LogP contribution >= 0.6 is 0 Å². The van der Waals surface area contributed by atoms with Gasteiger partial charge < -0.3 is 9.84 Å². The van der Waals surface area contributed by atoms with Gasteiger partial charge in [-0.25, -0.2) is 4.79 Å². The van der Waals surface area contributed by atoms with E-state index in [9.17, 15) is 9.59 Å². The second-order valence-corrected chi connectivity index (χ2v) is 5.33. The molecule has 1 unspecified atom stereocenters. The molecule has 0 saturated carbocycles. The Hall–Kier alpha value is -1.46. The number of unbranched alkanes of at least 4 members (excludes halogenated alkanes) is 2. The number of allylic oxidation sites excluding steroid dienone is 3. The summed E-state index contributed by atoms with van der Waals surface area (Å²) in [6.45, 7) is 6.91. The minimum Gasteiger partial charge on any atom is -0.478 e. The van der Waals surface area contributed by atoms with E-state index in [4.69, 9.17) is 9.84 Å². The highest BCUT2D eigenvalue weighted by Gasteiger charge is 2.10. The zero-order chi connectivity index (χ0) is 18.6. The molecular formula is C19H35NO4. The summed E-state index contributed by atoms with van der Waals surface area (Å²) in [5.41, 5.74) is 0. The maximum absolute atomic E-state index is 10.6. The van der Waals surface area contributed by atoms with Crippen LogP contribution in [-0.2, 0) is 14.3 Å². The lowest BCUT2D eigenvalue weighted by atomic mass is 10.2. The van der Waals surface area contributed by atoms with E-state index in [1.54, 1.807) is 12.2 Å². The highest BCUT2D eigenvalue weighted by Crippen LogP contribution is 2.07. The van der Waals surface area contributed by atoms with Crippen molar-refractivity contribution in [3.8, 4) is 0 Å². The standard InChI is InChI=1S/C8H14O.C6H10O2.C5H11NO/c1-3-5-6-7-8(9)4-2;1-2-3-4-5-6(7)8;1-6-5-3-2-4-7-5/h6-7H,3-5H2,1-2H3;4-5H,2-3H2,1H3,(H,7,8);5-6H,2-4H2,1H3/b7-6+;5-4+;. The molecule has 1 heterocycles.